The molecule has 1 atom stereocenters. The van der Waals surface area contributed by atoms with E-state index in [1.165, 1.54) is 12.1 Å². The summed E-state index contributed by atoms with van der Waals surface area (Å²) < 4.78 is 14.2. The molecule has 4 aromatic carbocycles. The van der Waals surface area contributed by atoms with Crippen LogP contribution in [0.4, 0.5) is 4.39 Å². The fourth-order valence-corrected chi connectivity index (χ4v) is 4.54. The Kier molecular flexibility index (Phi) is 7.36. The van der Waals surface area contributed by atoms with E-state index in [1.807, 2.05) is 91.0 Å². The standard InChI is InChI=1S/C30H26FNO3/c31-26-19-11-10-12-22(26)20-27(29(34)35)32-28(33)21-30(23-13-4-1-5-14-23,24-15-6-2-7-16-24)25-17-8-3-9-18-25/h1-19,27H,20-21H2,(H,32,33)(H,34,35)/t27-/m0/s1. The number of rotatable bonds is 9. The highest BCUT2D eigenvalue weighted by atomic mass is 19.1. The van der Waals surface area contributed by atoms with Gasteiger partial charge in [-0.15, -0.1) is 0 Å². The molecule has 2 N–H and O–H groups in total. The van der Waals surface area contributed by atoms with Crippen LogP contribution in [0.3, 0.4) is 0 Å². The van der Waals surface area contributed by atoms with E-state index in [1.54, 1.807) is 12.1 Å². The van der Waals surface area contributed by atoms with E-state index >= 15 is 0 Å². The fraction of sp³-hybridized carbons (Fsp3) is 0.133. The second kappa shape index (κ2) is 10.8. The predicted molar refractivity (Wildman–Crippen MR) is 133 cm³/mol. The molecule has 4 nitrogen and oxygen atoms in total. The summed E-state index contributed by atoms with van der Waals surface area (Å²) in [4.78, 5) is 25.5. The molecule has 0 heterocycles. The Hall–Kier alpha value is -4.25. The highest BCUT2D eigenvalue weighted by Gasteiger charge is 2.39. The highest BCUT2D eigenvalue weighted by molar-refractivity contribution is 5.85. The van der Waals surface area contributed by atoms with Gasteiger partial charge in [-0.05, 0) is 28.3 Å². The van der Waals surface area contributed by atoms with E-state index in [0.717, 1.165) is 16.7 Å². The molecule has 0 aromatic heterocycles. The number of aliphatic carboxylic acids is 1. The van der Waals surface area contributed by atoms with E-state index in [4.69, 9.17) is 0 Å². The number of carbonyl (C=O) groups is 2. The number of hydrogen-bond donors (Lipinski definition) is 2. The molecule has 0 unspecified atom stereocenters. The number of carbonyl (C=O) groups excluding carboxylic acids is 1. The molecule has 0 radical (unpaired) electrons. The van der Waals surface area contributed by atoms with Gasteiger partial charge in [0, 0.05) is 12.8 Å². The van der Waals surface area contributed by atoms with Crippen molar-refractivity contribution in [1.82, 2.24) is 5.32 Å². The second-order valence-corrected chi connectivity index (χ2v) is 8.43. The first-order valence-corrected chi connectivity index (χ1v) is 11.4. The molecule has 5 heteroatoms. The first-order chi connectivity index (χ1) is 17.0. The van der Waals surface area contributed by atoms with E-state index in [0.29, 0.717) is 0 Å². The lowest BCUT2D eigenvalue weighted by Crippen LogP contribution is -2.45. The van der Waals surface area contributed by atoms with Crippen molar-refractivity contribution in [3.05, 3.63) is 143 Å². The molecule has 35 heavy (non-hydrogen) atoms. The monoisotopic (exact) mass is 467 g/mol. The van der Waals surface area contributed by atoms with Crippen LogP contribution in [0.15, 0.2) is 115 Å². The average Bonchev–Trinajstić information content (AvgIpc) is 2.89. The molecule has 1 amide bonds. The second-order valence-electron chi connectivity index (χ2n) is 8.43. The average molecular weight is 468 g/mol. The molecule has 4 rings (SSSR count). The van der Waals surface area contributed by atoms with Gasteiger partial charge in [0.05, 0.1) is 5.41 Å². The molecule has 0 aliphatic rings. The maximum atomic E-state index is 14.2. The van der Waals surface area contributed by atoms with Gasteiger partial charge in [-0.25, -0.2) is 9.18 Å². The van der Waals surface area contributed by atoms with Crippen LogP contribution >= 0.6 is 0 Å². The smallest absolute Gasteiger partial charge is 0.326 e. The topological polar surface area (TPSA) is 66.4 Å². The van der Waals surface area contributed by atoms with E-state index < -0.39 is 29.2 Å². The quantitative estimate of drug-likeness (QED) is 0.326. The molecule has 0 aliphatic heterocycles. The van der Waals surface area contributed by atoms with Gasteiger partial charge >= 0.3 is 5.97 Å². The van der Waals surface area contributed by atoms with E-state index in [-0.39, 0.29) is 18.4 Å². The highest BCUT2D eigenvalue weighted by Crippen LogP contribution is 2.42. The lowest BCUT2D eigenvalue weighted by atomic mass is 9.67. The molecule has 0 saturated heterocycles. The van der Waals surface area contributed by atoms with Crippen molar-refractivity contribution in [1.29, 1.82) is 0 Å². The zero-order chi connectivity index (χ0) is 24.7. The van der Waals surface area contributed by atoms with Crippen LogP contribution in [-0.4, -0.2) is 23.0 Å². The molecule has 0 aliphatic carbocycles. The van der Waals surface area contributed by atoms with Crippen LogP contribution in [0.5, 0.6) is 0 Å². The Morgan fingerprint density at radius 2 is 1.14 bits per heavy atom. The van der Waals surface area contributed by atoms with Crippen molar-refractivity contribution in [2.24, 2.45) is 0 Å². The third-order valence-corrected chi connectivity index (χ3v) is 6.24. The number of carboxylic acid groups (broad SMARTS) is 1. The van der Waals surface area contributed by atoms with Crippen molar-refractivity contribution >= 4 is 11.9 Å². The van der Waals surface area contributed by atoms with Crippen LogP contribution in [-0.2, 0) is 21.4 Å². The lowest BCUT2D eigenvalue weighted by Gasteiger charge is -2.36. The number of halogens is 1. The Morgan fingerprint density at radius 1 is 0.714 bits per heavy atom. The molecule has 4 aromatic rings. The van der Waals surface area contributed by atoms with Crippen LogP contribution in [0.1, 0.15) is 28.7 Å². The number of hydrogen-bond acceptors (Lipinski definition) is 2. The first-order valence-electron chi connectivity index (χ1n) is 11.4. The SMILES string of the molecule is O=C(CC(c1ccccc1)(c1ccccc1)c1ccccc1)N[C@@H](Cc1ccccc1F)C(=O)O. The van der Waals surface area contributed by atoms with Crippen molar-refractivity contribution in [2.75, 3.05) is 0 Å². The summed E-state index contributed by atoms with van der Waals surface area (Å²) in [7, 11) is 0. The number of benzene rings is 4. The number of nitrogens with one attached hydrogen (secondary N) is 1. The van der Waals surface area contributed by atoms with Crippen LogP contribution in [0.25, 0.3) is 0 Å². The predicted octanol–water partition coefficient (Wildman–Crippen LogP) is 5.36. The van der Waals surface area contributed by atoms with Gasteiger partial charge in [0.15, 0.2) is 0 Å². The van der Waals surface area contributed by atoms with Crippen molar-refractivity contribution in [2.45, 2.75) is 24.3 Å². The molecule has 0 fully saturated rings. The summed E-state index contributed by atoms with van der Waals surface area (Å²) in [5.74, 6) is -2.16. The molecule has 176 valence electrons. The Morgan fingerprint density at radius 3 is 1.57 bits per heavy atom. The Balaban J connectivity index is 1.74. The zero-order valence-electron chi connectivity index (χ0n) is 19.1. The molecule has 0 spiro atoms. The van der Waals surface area contributed by atoms with E-state index in [9.17, 15) is 19.1 Å². The first kappa shape index (κ1) is 23.9. The van der Waals surface area contributed by atoms with Gasteiger partial charge in [-0.3, -0.25) is 4.79 Å². The third-order valence-electron chi connectivity index (χ3n) is 6.24. The molecule has 0 saturated carbocycles. The number of carboxylic acids is 1. The van der Waals surface area contributed by atoms with Crippen LogP contribution < -0.4 is 5.32 Å². The maximum absolute atomic E-state index is 14.2. The summed E-state index contributed by atoms with van der Waals surface area (Å²) in [6.07, 6.45) is -0.172. The van der Waals surface area contributed by atoms with Gasteiger partial charge < -0.3 is 10.4 Å². The lowest BCUT2D eigenvalue weighted by molar-refractivity contribution is -0.141. The molecule has 0 bridgehead atoms. The minimum absolute atomic E-state index is 0.0217. The Bertz CT molecular complexity index is 1180. The van der Waals surface area contributed by atoms with Gasteiger partial charge in [-0.1, -0.05) is 109 Å². The minimum Gasteiger partial charge on any atom is -0.480 e. The Labute approximate surface area is 204 Å². The fourth-order valence-electron chi connectivity index (χ4n) is 4.54. The maximum Gasteiger partial charge on any atom is 0.326 e. The normalized spacial score (nSPS) is 12.0. The van der Waals surface area contributed by atoms with Crippen molar-refractivity contribution < 1.29 is 19.1 Å². The zero-order valence-corrected chi connectivity index (χ0v) is 19.1. The van der Waals surface area contributed by atoms with Crippen molar-refractivity contribution in [3.8, 4) is 0 Å². The van der Waals surface area contributed by atoms with Gasteiger partial charge in [-0.2, -0.15) is 0 Å². The van der Waals surface area contributed by atoms with Crippen LogP contribution in [0, 0.1) is 5.82 Å². The third kappa shape index (κ3) is 5.30. The van der Waals surface area contributed by atoms with Gasteiger partial charge in [0.25, 0.3) is 0 Å². The van der Waals surface area contributed by atoms with Crippen LogP contribution in [0.2, 0.25) is 0 Å². The summed E-state index contributed by atoms with van der Waals surface area (Å²) in [5.41, 5.74) is 2.12. The summed E-state index contributed by atoms with van der Waals surface area (Å²) in [5, 5.41) is 12.4. The minimum atomic E-state index is -1.26. The largest absolute Gasteiger partial charge is 0.480 e. The van der Waals surface area contributed by atoms with E-state index in [2.05, 4.69) is 5.32 Å². The summed E-state index contributed by atoms with van der Waals surface area (Å²) in [6.45, 7) is 0. The van der Waals surface area contributed by atoms with Gasteiger partial charge in [0.1, 0.15) is 11.9 Å². The molecular weight excluding hydrogens is 441 g/mol. The number of amides is 1. The molecular formula is C30H26FNO3. The summed E-state index contributed by atoms with van der Waals surface area (Å²) in [6, 6.07) is 33.9. The van der Waals surface area contributed by atoms with Crippen molar-refractivity contribution in [3.63, 3.8) is 0 Å². The summed E-state index contributed by atoms with van der Waals surface area (Å²) >= 11 is 0. The van der Waals surface area contributed by atoms with Gasteiger partial charge in [0.2, 0.25) is 5.91 Å².